The minimum Gasteiger partial charge on any atom is -0.326 e. The number of rotatable bonds is 7. The molecule has 0 saturated heterocycles. The monoisotopic (exact) mass is 348 g/mol. The fourth-order valence-corrected chi connectivity index (χ4v) is 4.23. The second-order valence-electron chi connectivity index (χ2n) is 4.48. The average Bonchev–Trinajstić information content (AvgIpc) is 2.38. The van der Waals surface area contributed by atoms with Crippen LogP contribution < -0.4 is 10.5 Å². The van der Waals surface area contributed by atoms with E-state index in [0.29, 0.717) is 11.0 Å². The van der Waals surface area contributed by atoms with Crippen molar-refractivity contribution in [2.45, 2.75) is 50.6 Å². The fourth-order valence-electron chi connectivity index (χ4n) is 1.86. The first kappa shape index (κ1) is 16.6. The lowest BCUT2D eigenvalue weighted by Gasteiger charge is -2.17. The number of sulfonamides is 1. The summed E-state index contributed by atoms with van der Waals surface area (Å²) in [6.45, 7) is 4.35. The Hall–Kier alpha value is -0.430. The van der Waals surface area contributed by atoms with Gasteiger partial charge in [-0.1, -0.05) is 26.3 Å². The standard InChI is InChI=1S/C13H21BrN2O2S/c1-3-5-11(4-2)16-19(17,18)13-8-10(9-15)6-7-12(13)14/h6-8,11,16H,3-5,9,15H2,1-2H3. The van der Waals surface area contributed by atoms with E-state index in [1.165, 1.54) is 0 Å². The molecule has 0 aliphatic heterocycles. The summed E-state index contributed by atoms with van der Waals surface area (Å²) in [5.41, 5.74) is 6.35. The predicted molar refractivity (Wildman–Crippen MR) is 81.3 cm³/mol. The molecule has 0 fully saturated rings. The third-order valence-electron chi connectivity index (χ3n) is 2.97. The lowest BCUT2D eigenvalue weighted by Crippen LogP contribution is -2.34. The van der Waals surface area contributed by atoms with Crippen molar-refractivity contribution in [3.8, 4) is 0 Å². The van der Waals surface area contributed by atoms with Crippen molar-refractivity contribution in [2.24, 2.45) is 5.73 Å². The van der Waals surface area contributed by atoms with Crippen LogP contribution in [0, 0.1) is 0 Å². The van der Waals surface area contributed by atoms with Crippen molar-refractivity contribution >= 4 is 26.0 Å². The van der Waals surface area contributed by atoms with Gasteiger partial charge in [0.05, 0.1) is 4.90 Å². The van der Waals surface area contributed by atoms with Gasteiger partial charge in [0.15, 0.2) is 0 Å². The van der Waals surface area contributed by atoms with E-state index >= 15 is 0 Å². The molecular formula is C13H21BrN2O2S. The van der Waals surface area contributed by atoms with E-state index in [1.54, 1.807) is 12.1 Å². The van der Waals surface area contributed by atoms with E-state index in [-0.39, 0.29) is 10.9 Å². The summed E-state index contributed by atoms with van der Waals surface area (Å²) in [4.78, 5) is 0.255. The Labute approximate surface area is 124 Å². The summed E-state index contributed by atoms with van der Waals surface area (Å²) in [5, 5.41) is 0. The Balaban J connectivity index is 3.05. The van der Waals surface area contributed by atoms with Gasteiger partial charge in [-0.25, -0.2) is 13.1 Å². The van der Waals surface area contributed by atoms with Gasteiger partial charge in [0, 0.05) is 17.1 Å². The third kappa shape index (κ3) is 4.56. The van der Waals surface area contributed by atoms with Crippen LogP contribution in [0.15, 0.2) is 27.6 Å². The van der Waals surface area contributed by atoms with Gasteiger partial charge in [-0.05, 0) is 46.5 Å². The average molecular weight is 349 g/mol. The first-order valence-corrected chi connectivity index (χ1v) is 8.73. The van der Waals surface area contributed by atoms with Crippen LogP contribution in [0.1, 0.15) is 38.7 Å². The number of benzene rings is 1. The van der Waals surface area contributed by atoms with Crippen molar-refractivity contribution < 1.29 is 8.42 Å². The van der Waals surface area contributed by atoms with Crippen molar-refractivity contribution in [2.75, 3.05) is 0 Å². The molecule has 0 bridgehead atoms. The highest BCUT2D eigenvalue weighted by molar-refractivity contribution is 9.10. The quantitative estimate of drug-likeness (QED) is 0.795. The van der Waals surface area contributed by atoms with Crippen LogP contribution in [0.3, 0.4) is 0 Å². The summed E-state index contributed by atoms with van der Waals surface area (Å²) in [6.07, 6.45) is 2.57. The lowest BCUT2D eigenvalue weighted by molar-refractivity contribution is 0.512. The molecular weight excluding hydrogens is 328 g/mol. The summed E-state index contributed by atoms with van der Waals surface area (Å²) >= 11 is 3.29. The molecule has 0 amide bonds. The molecule has 6 heteroatoms. The van der Waals surface area contributed by atoms with Crippen LogP contribution in [0.5, 0.6) is 0 Å². The van der Waals surface area contributed by atoms with Crippen LogP contribution in [-0.2, 0) is 16.6 Å². The normalized spacial score (nSPS) is 13.5. The van der Waals surface area contributed by atoms with Gasteiger partial charge >= 0.3 is 0 Å². The highest BCUT2D eigenvalue weighted by Crippen LogP contribution is 2.23. The summed E-state index contributed by atoms with van der Waals surface area (Å²) in [6, 6.07) is 5.12. The summed E-state index contributed by atoms with van der Waals surface area (Å²) < 4.78 is 28.1. The highest BCUT2D eigenvalue weighted by Gasteiger charge is 2.21. The maximum atomic E-state index is 12.4. The molecule has 0 heterocycles. The molecule has 3 N–H and O–H groups in total. The largest absolute Gasteiger partial charge is 0.326 e. The zero-order valence-electron chi connectivity index (χ0n) is 11.3. The van der Waals surface area contributed by atoms with E-state index in [9.17, 15) is 8.42 Å². The van der Waals surface area contributed by atoms with E-state index in [2.05, 4.69) is 20.7 Å². The molecule has 108 valence electrons. The Kier molecular flexibility index (Phi) is 6.46. The van der Waals surface area contributed by atoms with Gasteiger partial charge in [-0.15, -0.1) is 0 Å². The molecule has 0 saturated carbocycles. The van der Waals surface area contributed by atoms with Crippen molar-refractivity contribution in [3.05, 3.63) is 28.2 Å². The highest BCUT2D eigenvalue weighted by atomic mass is 79.9. The van der Waals surface area contributed by atoms with Crippen LogP contribution in [0.4, 0.5) is 0 Å². The summed E-state index contributed by atoms with van der Waals surface area (Å²) in [7, 11) is -3.51. The van der Waals surface area contributed by atoms with E-state index in [4.69, 9.17) is 5.73 Å². The third-order valence-corrected chi connectivity index (χ3v) is 5.49. The zero-order chi connectivity index (χ0) is 14.5. The predicted octanol–water partition coefficient (Wildman–Crippen LogP) is 2.76. The molecule has 1 aromatic rings. The lowest BCUT2D eigenvalue weighted by atomic mass is 10.1. The van der Waals surface area contributed by atoms with Crippen molar-refractivity contribution in [1.82, 2.24) is 4.72 Å². The molecule has 1 aromatic carbocycles. The number of hydrogen-bond acceptors (Lipinski definition) is 3. The Morgan fingerprint density at radius 1 is 1.37 bits per heavy atom. The number of nitrogens with one attached hydrogen (secondary N) is 1. The Morgan fingerprint density at radius 2 is 2.05 bits per heavy atom. The van der Waals surface area contributed by atoms with Gasteiger partial charge < -0.3 is 5.73 Å². The van der Waals surface area contributed by atoms with E-state index in [1.807, 2.05) is 19.9 Å². The molecule has 0 aliphatic carbocycles. The van der Waals surface area contributed by atoms with E-state index in [0.717, 1.165) is 24.8 Å². The molecule has 0 radical (unpaired) electrons. The Morgan fingerprint density at radius 3 is 2.58 bits per heavy atom. The number of halogens is 1. The first-order valence-electron chi connectivity index (χ1n) is 6.45. The molecule has 0 aromatic heterocycles. The molecule has 0 spiro atoms. The van der Waals surface area contributed by atoms with Crippen LogP contribution in [0.2, 0.25) is 0 Å². The van der Waals surface area contributed by atoms with Gasteiger partial charge in [-0.3, -0.25) is 0 Å². The zero-order valence-corrected chi connectivity index (χ0v) is 13.7. The van der Waals surface area contributed by atoms with Crippen LogP contribution in [0.25, 0.3) is 0 Å². The molecule has 1 unspecified atom stereocenters. The van der Waals surface area contributed by atoms with Crippen molar-refractivity contribution in [3.63, 3.8) is 0 Å². The Bertz CT molecular complexity index is 517. The van der Waals surface area contributed by atoms with Crippen LogP contribution in [-0.4, -0.2) is 14.5 Å². The number of nitrogens with two attached hydrogens (primary N) is 1. The molecule has 1 rings (SSSR count). The van der Waals surface area contributed by atoms with Gasteiger partial charge in [0.2, 0.25) is 10.0 Å². The van der Waals surface area contributed by atoms with Gasteiger partial charge in [0.25, 0.3) is 0 Å². The number of hydrogen-bond donors (Lipinski definition) is 2. The van der Waals surface area contributed by atoms with Gasteiger partial charge in [-0.2, -0.15) is 0 Å². The maximum Gasteiger partial charge on any atom is 0.241 e. The van der Waals surface area contributed by atoms with Crippen LogP contribution >= 0.6 is 15.9 Å². The molecule has 0 aliphatic rings. The minimum absolute atomic E-state index is 0.0246. The second-order valence-corrected chi connectivity index (χ2v) is 7.02. The second kappa shape index (κ2) is 7.38. The minimum atomic E-state index is -3.51. The van der Waals surface area contributed by atoms with E-state index < -0.39 is 10.0 Å². The molecule has 4 nitrogen and oxygen atoms in total. The maximum absolute atomic E-state index is 12.4. The smallest absolute Gasteiger partial charge is 0.241 e. The van der Waals surface area contributed by atoms with Crippen molar-refractivity contribution in [1.29, 1.82) is 0 Å². The molecule has 1 atom stereocenters. The topological polar surface area (TPSA) is 72.2 Å². The molecule has 19 heavy (non-hydrogen) atoms. The SMILES string of the molecule is CCCC(CC)NS(=O)(=O)c1cc(CN)ccc1Br. The van der Waals surface area contributed by atoms with Gasteiger partial charge in [0.1, 0.15) is 0 Å². The summed E-state index contributed by atoms with van der Waals surface area (Å²) in [5.74, 6) is 0. The fraction of sp³-hybridized carbons (Fsp3) is 0.538. The first-order chi connectivity index (χ1) is 8.94.